The molecule has 0 unspecified atom stereocenters. The lowest BCUT2D eigenvalue weighted by Crippen LogP contribution is -2.14. The van der Waals surface area contributed by atoms with E-state index in [9.17, 15) is 4.79 Å². The summed E-state index contributed by atoms with van der Waals surface area (Å²) >= 11 is 0. The number of aliphatic hydroxyl groups excluding tert-OH is 1. The van der Waals surface area contributed by atoms with Gasteiger partial charge in [0.05, 0.1) is 12.4 Å². The average molecular weight is 300 g/mol. The molecule has 0 aliphatic heterocycles. The Bertz CT molecular complexity index is 572. The third-order valence-corrected chi connectivity index (χ3v) is 3.06. The summed E-state index contributed by atoms with van der Waals surface area (Å²) in [5, 5.41) is 14.6. The lowest BCUT2D eigenvalue weighted by atomic mass is 10.2. The van der Waals surface area contributed by atoms with Crippen LogP contribution < -0.4 is 10.6 Å². The van der Waals surface area contributed by atoms with Crippen molar-refractivity contribution in [1.82, 2.24) is 9.97 Å². The highest BCUT2D eigenvalue weighted by atomic mass is 16.2. The van der Waals surface area contributed by atoms with Gasteiger partial charge in [-0.1, -0.05) is 18.2 Å². The third-order valence-electron chi connectivity index (χ3n) is 3.06. The van der Waals surface area contributed by atoms with E-state index in [1.807, 2.05) is 30.3 Å². The molecule has 2 rings (SSSR count). The Kier molecular flexibility index (Phi) is 6.32. The number of para-hydroxylation sites is 1. The molecule has 1 aromatic carbocycles. The van der Waals surface area contributed by atoms with Gasteiger partial charge in [-0.15, -0.1) is 0 Å². The van der Waals surface area contributed by atoms with Crippen LogP contribution in [0, 0.1) is 0 Å². The number of amides is 1. The van der Waals surface area contributed by atoms with Crippen LogP contribution in [0.3, 0.4) is 0 Å². The zero-order chi connectivity index (χ0) is 15.6. The van der Waals surface area contributed by atoms with Gasteiger partial charge in [-0.3, -0.25) is 4.79 Å². The molecular weight excluding hydrogens is 280 g/mol. The van der Waals surface area contributed by atoms with E-state index in [-0.39, 0.29) is 18.2 Å². The van der Waals surface area contributed by atoms with Crippen molar-refractivity contribution >= 4 is 17.4 Å². The number of carbonyl (C=O) groups excluding carboxylic acids is 1. The standard InChI is InChI=1S/C16H20N4O2/c21-10-6-2-5-9-17-15-12-18-14(11-19-15)16(22)20-13-7-3-1-4-8-13/h1,3-4,7-8,11-12,21H,2,5-6,9-10H2,(H,17,19)(H,20,22). The first-order valence-corrected chi connectivity index (χ1v) is 7.33. The van der Waals surface area contributed by atoms with Gasteiger partial charge >= 0.3 is 0 Å². The van der Waals surface area contributed by atoms with Crippen molar-refractivity contribution in [3.63, 3.8) is 0 Å². The predicted molar refractivity (Wildman–Crippen MR) is 85.9 cm³/mol. The molecule has 6 nitrogen and oxygen atoms in total. The molecule has 0 saturated carbocycles. The topological polar surface area (TPSA) is 87.1 Å². The number of benzene rings is 1. The number of nitrogens with one attached hydrogen (secondary N) is 2. The summed E-state index contributed by atoms with van der Waals surface area (Å²) in [6.07, 6.45) is 5.74. The maximum Gasteiger partial charge on any atom is 0.275 e. The van der Waals surface area contributed by atoms with E-state index < -0.39 is 0 Å². The van der Waals surface area contributed by atoms with Crippen LogP contribution in [0.15, 0.2) is 42.7 Å². The van der Waals surface area contributed by atoms with E-state index in [1.54, 1.807) is 6.20 Å². The summed E-state index contributed by atoms with van der Waals surface area (Å²) in [7, 11) is 0. The Balaban J connectivity index is 1.82. The quantitative estimate of drug-likeness (QED) is 0.651. The van der Waals surface area contributed by atoms with Gasteiger partial charge in [-0.05, 0) is 31.4 Å². The Morgan fingerprint density at radius 1 is 1.05 bits per heavy atom. The smallest absolute Gasteiger partial charge is 0.275 e. The average Bonchev–Trinajstić information content (AvgIpc) is 2.56. The van der Waals surface area contributed by atoms with Crippen LogP contribution in [-0.2, 0) is 0 Å². The highest BCUT2D eigenvalue weighted by Crippen LogP contribution is 2.08. The number of rotatable bonds is 8. The van der Waals surface area contributed by atoms with Crippen LogP contribution in [0.1, 0.15) is 29.8 Å². The van der Waals surface area contributed by atoms with E-state index in [0.717, 1.165) is 31.5 Å². The second-order valence-corrected chi connectivity index (χ2v) is 4.82. The van der Waals surface area contributed by atoms with Crippen LogP contribution in [0.2, 0.25) is 0 Å². The number of hydrogen-bond acceptors (Lipinski definition) is 5. The van der Waals surface area contributed by atoms with Gasteiger partial charge in [-0.25, -0.2) is 9.97 Å². The molecule has 0 saturated heterocycles. The zero-order valence-electron chi connectivity index (χ0n) is 12.3. The Morgan fingerprint density at radius 3 is 2.55 bits per heavy atom. The Labute approximate surface area is 129 Å². The summed E-state index contributed by atoms with van der Waals surface area (Å²) < 4.78 is 0. The van der Waals surface area contributed by atoms with E-state index >= 15 is 0 Å². The van der Waals surface area contributed by atoms with Gasteiger partial charge in [0.2, 0.25) is 0 Å². The minimum Gasteiger partial charge on any atom is -0.396 e. The van der Waals surface area contributed by atoms with Gasteiger partial charge < -0.3 is 15.7 Å². The van der Waals surface area contributed by atoms with Crippen molar-refractivity contribution in [2.45, 2.75) is 19.3 Å². The van der Waals surface area contributed by atoms with Crippen LogP contribution >= 0.6 is 0 Å². The SMILES string of the molecule is O=C(Nc1ccccc1)c1cnc(NCCCCCO)cn1. The van der Waals surface area contributed by atoms with E-state index in [2.05, 4.69) is 20.6 Å². The molecule has 0 radical (unpaired) electrons. The molecule has 0 spiro atoms. The van der Waals surface area contributed by atoms with Crippen molar-refractivity contribution in [2.24, 2.45) is 0 Å². The van der Waals surface area contributed by atoms with Crippen LogP contribution in [0.4, 0.5) is 11.5 Å². The van der Waals surface area contributed by atoms with Gasteiger partial charge in [0, 0.05) is 18.8 Å². The highest BCUT2D eigenvalue weighted by molar-refractivity contribution is 6.02. The van der Waals surface area contributed by atoms with Crippen molar-refractivity contribution in [3.05, 3.63) is 48.4 Å². The van der Waals surface area contributed by atoms with Crippen LogP contribution in [0.25, 0.3) is 0 Å². The second kappa shape index (κ2) is 8.74. The monoisotopic (exact) mass is 300 g/mol. The summed E-state index contributed by atoms with van der Waals surface area (Å²) in [4.78, 5) is 20.3. The zero-order valence-corrected chi connectivity index (χ0v) is 12.3. The molecule has 0 atom stereocenters. The summed E-state index contributed by atoms with van der Waals surface area (Å²) in [6, 6.07) is 9.22. The fraction of sp³-hybridized carbons (Fsp3) is 0.312. The first-order valence-electron chi connectivity index (χ1n) is 7.33. The van der Waals surface area contributed by atoms with E-state index in [0.29, 0.717) is 5.82 Å². The lowest BCUT2D eigenvalue weighted by molar-refractivity contribution is 0.102. The maximum atomic E-state index is 12.0. The Hall–Kier alpha value is -2.47. The van der Waals surface area contributed by atoms with Crippen molar-refractivity contribution < 1.29 is 9.90 Å². The molecule has 2 aromatic rings. The molecular formula is C16H20N4O2. The van der Waals surface area contributed by atoms with Crippen molar-refractivity contribution in [3.8, 4) is 0 Å². The molecule has 1 heterocycles. The molecule has 6 heteroatoms. The van der Waals surface area contributed by atoms with Crippen LogP contribution in [0.5, 0.6) is 0 Å². The van der Waals surface area contributed by atoms with Crippen LogP contribution in [-0.4, -0.2) is 34.1 Å². The van der Waals surface area contributed by atoms with Crippen molar-refractivity contribution in [2.75, 3.05) is 23.8 Å². The van der Waals surface area contributed by atoms with Gasteiger partial charge in [0.25, 0.3) is 5.91 Å². The maximum absolute atomic E-state index is 12.0. The third kappa shape index (κ3) is 5.14. The molecule has 116 valence electrons. The van der Waals surface area contributed by atoms with Gasteiger partial charge in [0.1, 0.15) is 11.5 Å². The molecule has 3 N–H and O–H groups in total. The first kappa shape index (κ1) is 15.9. The highest BCUT2D eigenvalue weighted by Gasteiger charge is 2.08. The number of unbranched alkanes of at least 4 members (excludes halogenated alkanes) is 2. The number of aromatic nitrogens is 2. The normalized spacial score (nSPS) is 10.2. The Morgan fingerprint density at radius 2 is 1.86 bits per heavy atom. The molecule has 1 amide bonds. The summed E-state index contributed by atoms with van der Waals surface area (Å²) in [5.74, 6) is 0.355. The van der Waals surface area contributed by atoms with E-state index in [4.69, 9.17) is 5.11 Å². The van der Waals surface area contributed by atoms with Gasteiger partial charge in [-0.2, -0.15) is 0 Å². The van der Waals surface area contributed by atoms with E-state index in [1.165, 1.54) is 6.20 Å². The summed E-state index contributed by atoms with van der Waals surface area (Å²) in [5.41, 5.74) is 0.995. The summed E-state index contributed by atoms with van der Waals surface area (Å²) in [6.45, 7) is 0.995. The van der Waals surface area contributed by atoms with Crippen molar-refractivity contribution in [1.29, 1.82) is 0 Å². The number of aliphatic hydroxyl groups is 1. The number of nitrogens with zero attached hydrogens (tertiary/aromatic N) is 2. The first-order chi connectivity index (χ1) is 10.8. The predicted octanol–water partition coefficient (Wildman–Crippen LogP) is 2.30. The fourth-order valence-corrected chi connectivity index (χ4v) is 1.88. The number of hydrogen-bond donors (Lipinski definition) is 3. The number of carbonyl (C=O) groups is 1. The molecule has 1 aromatic heterocycles. The lowest BCUT2D eigenvalue weighted by Gasteiger charge is -2.06. The largest absolute Gasteiger partial charge is 0.396 e. The minimum absolute atomic E-state index is 0.227. The second-order valence-electron chi connectivity index (χ2n) is 4.82. The molecule has 0 bridgehead atoms. The number of anilines is 2. The molecule has 22 heavy (non-hydrogen) atoms. The fourth-order valence-electron chi connectivity index (χ4n) is 1.88. The van der Waals surface area contributed by atoms with Gasteiger partial charge in [0.15, 0.2) is 0 Å². The minimum atomic E-state index is -0.284. The molecule has 0 aliphatic rings. The molecule has 0 aliphatic carbocycles. The molecule has 0 fully saturated rings.